The topological polar surface area (TPSA) is 64.0 Å². The molecule has 0 spiro atoms. The Morgan fingerprint density at radius 1 is 0.889 bits per heavy atom. The highest BCUT2D eigenvalue weighted by Gasteiger charge is 2.18. The zero-order valence-electron chi connectivity index (χ0n) is 26.5. The first-order valence-corrected chi connectivity index (χ1v) is 17.5. The Morgan fingerprint density at radius 3 is 2.53 bits per heavy atom. The van der Waals surface area contributed by atoms with E-state index in [9.17, 15) is 9.59 Å². The fourth-order valence-electron chi connectivity index (χ4n) is 6.06. The predicted molar refractivity (Wildman–Crippen MR) is 187 cm³/mol. The molecule has 1 saturated heterocycles. The molecule has 2 aromatic carbocycles. The number of carbonyl (C=O) groups is 1. The van der Waals surface area contributed by atoms with E-state index < -0.39 is 0 Å². The van der Waals surface area contributed by atoms with Crippen molar-refractivity contribution in [3.8, 4) is 5.75 Å². The van der Waals surface area contributed by atoms with E-state index in [1.165, 1.54) is 45.7 Å². The molecule has 5 rings (SSSR count). The van der Waals surface area contributed by atoms with Crippen molar-refractivity contribution < 1.29 is 14.3 Å². The summed E-state index contributed by atoms with van der Waals surface area (Å²) in [7, 11) is 0. The van der Waals surface area contributed by atoms with Gasteiger partial charge in [0.25, 0.3) is 5.56 Å². The highest BCUT2D eigenvalue weighted by atomic mass is 32.1. The predicted octanol–water partition coefficient (Wildman–Crippen LogP) is 8.00. The molecular weight excluding hydrogens is 582 g/mol. The lowest BCUT2D eigenvalue weighted by Gasteiger charge is -2.36. The van der Waals surface area contributed by atoms with E-state index in [0.717, 1.165) is 82.4 Å². The number of anilines is 1. The number of benzene rings is 2. The minimum Gasteiger partial charge on any atom is -0.494 e. The molecule has 0 amide bonds. The van der Waals surface area contributed by atoms with Crippen LogP contribution in [0.5, 0.6) is 5.75 Å². The number of carbonyl (C=O) groups excluding carboxylic acids is 1. The largest absolute Gasteiger partial charge is 0.494 e. The maximum absolute atomic E-state index is 12.7. The molecule has 0 radical (unpaired) electrons. The number of rotatable bonds is 18. The number of thiophene rings is 1. The average molecular weight is 630 g/mol. The lowest BCUT2D eigenvalue weighted by Crippen LogP contribution is -2.46. The first kappa shape index (κ1) is 32.8. The molecule has 1 aliphatic rings. The SMILES string of the molecule is C=CCCCCCCCCC(=O)OCn1c(=O)ccc2ccc(OCCCCN3CCN(c4cccc5sccc45)CC3)cc21. The van der Waals surface area contributed by atoms with Crippen LogP contribution in [0.25, 0.3) is 21.0 Å². The van der Waals surface area contributed by atoms with Gasteiger partial charge in [-0.05, 0) is 85.8 Å². The maximum Gasteiger partial charge on any atom is 0.307 e. The summed E-state index contributed by atoms with van der Waals surface area (Å²) in [6.45, 7) is 9.60. The first-order valence-electron chi connectivity index (χ1n) is 16.6. The Labute approximate surface area is 271 Å². The minimum atomic E-state index is -0.265. The molecule has 0 bridgehead atoms. The number of esters is 1. The summed E-state index contributed by atoms with van der Waals surface area (Å²) in [5.74, 6) is 0.455. The average Bonchev–Trinajstić information content (AvgIpc) is 3.55. The van der Waals surface area contributed by atoms with Crippen molar-refractivity contribution in [2.24, 2.45) is 0 Å². The molecule has 4 aromatic rings. The van der Waals surface area contributed by atoms with E-state index in [1.54, 1.807) is 17.4 Å². The molecule has 0 aliphatic carbocycles. The van der Waals surface area contributed by atoms with Gasteiger partial charge in [-0.25, -0.2) is 0 Å². The number of piperazine rings is 1. The number of nitrogens with zero attached hydrogens (tertiary/aromatic N) is 3. The second-order valence-corrected chi connectivity index (χ2v) is 12.9. The molecule has 7 nitrogen and oxygen atoms in total. The highest BCUT2D eigenvalue weighted by Crippen LogP contribution is 2.31. The van der Waals surface area contributed by atoms with E-state index >= 15 is 0 Å². The zero-order valence-corrected chi connectivity index (χ0v) is 27.3. The summed E-state index contributed by atoms with van der Waals surface area (Å²) >= 11 is 1.81. The smallest absolute Gasteiger partial charge is 0.307 e. The second-order valence-electron chi connectivity index (χ2n) is 11.9. The van der Waals surface area contributed by atoms with E-state index in [-0.39, 0.29) is 18.3 Å². The van der Waals surface area contributed by atoms with Gasteiger partial charge in [0.2, 0.25) is 0 Å². The van der Waals surface area contributed by atoms with Crippen LogP contribution in [0.3, 0.4) is 0 Å². The molecule has 1 aliphatic heterocycles. The summed E-state index contributed by atoms with van der Waals surface area (Å²) in [6.07, 6.45) is 12.0. The van der Waals surface area contributed by atoms with Gasteiger partial charge >= 0.3 is 5.97 Å². The molecule has 240 valence electrons. The summed E-state index contributed by atoms with van der Waals surface area (Å²) in [4.78, 5) is 30.1. The van der Waals surface area contributed by atoms with E-state index in [0.29, 0.717) is 18.5 Å². The van der Waals surface area contributed by atoms with Crippen LogP contribution in [0.1, 0.15) is 64.2 Å². The van der Waals surface area contributed by atoms with Crippen molar-refractivity contribution in [3.63, 3.8) is 0 Å². The van der Waals surface area contributed by atoms with E-state index in [2.05, 4.69) is 46.0 Å². The van der Waals surface area contributed by atoms with Crippen molar-refractivity contribution in [1.29, 1.82) is 0 Å². The Balaban J connectivity index is 1.02. The Morgan fingerprint density at radius 2 is 1.69 bits per heavy atom. The zero-order chi connectivity index (χ0) is 31.3. The van der Waals surface area contributed by atoms with Gasteiger partial charge in [-0.15, -0.1) is 17.9 Å². The molecular formula is C37H47N3O4S. The summed E-state index contributed by atoms with van der Waals surface area (Å²) in [5.41, 5.74) is 1.87. The monoisotopic (exact) mass is 629 g/mol. The Bertz CT molecular complexity index is 1590. The normalized spacial score (nSPS) is 13.8. The lowest BCUT2D eigenvalue weighted by molar-refractivity contribution is -0.147. The van der Waals surface area contributed by atoms with Gasteiger partial charge in [-0.2, -0.15) is 0 Å². The van der Waals surface area contributed by atoms with E-state index in [1.807, 2.05) is 24.3 Å². The van der Waals surface area contributed by atoms with Gasteiger partial charge in [0.1, 0.15) is 5.75 Å². The number of pyridine rings is 1. The quantitative estimate of drug-likeness (QED) is 0.0631. The molecule has 3 heterocycles. The number of hydrogen-bond acceptors (Lipinski definition) is 7. The van der Waals surface area contributed by atoms with Gasteiger partial charge in [0.05, 0.1) is 12.1 Å². The van der Waals surface area contributed by atoms with Crippen LogP contribution in [0.2, 0.25) is 0 Å². The van der Waals surface area contributed by atoms with Gasteiger partial charge in [0, 0.05) is 60.5 Å². The lowest BCUT2D eigenvalue weighted by atomic mass is 10.1. The number of hydrogen-bond donors (Lipinski definition) is 0. The third kappa shape index (κ3) is 9.44. The number of aromatic nitrogens is 1. The van der Waals surface area contributed by atoms with E-state index in [4.69, 9.17) is 9.47 Å². The van der Waals surface area contributed by atoms with Crippen LogP contribution in [-0.4, -0.2) is 54.8 Å². The van der Waals surface area contributed by atoms with Crippen LogP contribution < -0.4 is 15.2 Å². The third-order valence-corrected chi connectivity index (χ3v) is 9.56. The van der Waals surface area contributed by atoms with Crippen molar-refractivity contribution in [1.82, 2.24) is 9.47 Å². The van der Waals surface area contributed by atoms with Gasteiger partial charge in [-0.1, -0.05) is 37.8 Å². The summed E-state index contributed by atoms with van der Waals surface area (Å²) in [5, 5.41) is 4.45. The van der Waals surface area contributed by atoms with Crippen molar-refractivity contribution in [3.05, 3.63) is 83.0 Å². The van der Waals surface area contributed by atoms with Gasteiger partial charge < -0.3 is 14.4 Å². The van der Waals surface area contributed by atoms with Gasteiger partial charge in [0.15, 0.2) is 6.73 Å². The second kappa shape index (κ2) is 17.2. The Hall–Kier alpha value is -3.62. The molecule has 0 unspecified atom stereocenters. The van der Waals surface area contributed by atoms with Crippen LogP contribution in [0, 0.1) is 0 Å². The molecule has 1 fully saturated rings. The molecule has 45 heavy (non-hydrogen) atoms. The first-order chi connectivity index (χ1) is 22.1. The minimum absolute atomic E-state index is 0.0876. The van der Waals surface area contributed by atoms with Crippen LogP contribution in [-0.2, 0) is 16.3 Å². The molecule has 0 N–H and O–H groups in total. The maximum atomic E-state index is 12.7. The molecule has 2 aromatic heterocycles. The third-order valence-electron chi connectivity index (χ3n) is 8.68. The molecule has 0 atom stereocenters. The summed E-state index contributed by atoms with van der Waals surface area (Å²) < 4.78 is 14.5. The van der Waals surface area contributed by atoms with Gasteiger partial charge in [-0.3, -0.25) is 19.1 Å². The Kier molecular flexibility index (Phi) is 12.5. The van der Waals surface area contributed by atoms with Crippen LogP contribution in [0.15, 0.2) is 77.4 Å². The van der Waals surface area contributed by atoms with Crippen molar-refractivity contribution in [2.45, 2.75) is 70.9 Å². The highest BCUT2D eigenvalue weighted by molar-refractivity contribution is 7.17. The standard InChI is InChI=1S/C37H47N3O4S/c1-2-3-4-5-6-7-8-9-15-37(42)44-29-40-34-28-31(18-16-30(34)17-19-36(40)41)43-26-11-10-21-38-22-24-39(25-23-38)33-13-12-14-35-32(33)20-27-45-35/h2,12-14,16-20,27-28H,1,3-11,15,21-26,29H2. The van der Waals surface area contributed by atoms with Crippen LogP contribution in [0.4, 0.5) is 5.69 Å². The number of allylic oxidation sites excluding steroid dienone is 1. The number of fused-ring (bicyclic) bond motifs is 2. The van der Waals surface area contributed by atoms with Crippen LogP contribution >= 0.6 is 11.3 Å². The number of ether oxygens (including phenoxy) is 2. The number of unbranched alkanes of at least 4 members (excludes halogenated alkanes) is 7. The van der Waals surface area contributed by atoms with Crippen molar-refractivity contribution in [2.75, 3.05) is 44.2 Å². The molecule has 8 heteroatoms. The summed E-state index contributed by atoms with van der Waals surface area (Å²) in [6, 6.07) is 17.9. The fraction of sp³-hybridized carbons (Fsp3) is 0.459. The van der Waals surface area contributed by atoms with Crippen molar-refractivity contribution >= 4 is 44.0 Å². The molecule has 0 saturated carbocycles. The fourth-order valence-corrected chi connectivity index (χ4v) is 6.87.